The first kappa shape index (κ1) is 10.5. The van der Waals surface area contributed by atoms with Gasteiger partial charge < -0.3 is 0 Å². The van der Waals surface area contributed by atoms with E-state index in [2.05, 4.69) is 17.6 Å². The Balaban J connectivity index is 2.20. The van der Waals surface area contributed by atoms with Gasteiger partial charge in [0.15, 0.2) is 0 Å². The highest BCUT2D eigenvalue weighted by molar-refractivity contribution is 6.30. The SMILES string of the molecule is C=C1c2ccncc2CCc2cc(Cl)ccc21. The second kappa shape index (κ2) is 4.01. The van der Waals surface area contributed by atoms with Gasteiger partial charge in [0.1, 0.15) is 0 Å². The monoisotopic (exact) mass is 241 g/mol. The van der Waals surface area contributed by atoms with Gasteiger partial charge in [0.2, 0.25) is 0 Å². The standard InChI is InChI=1S/C15H12ClN/c1-10-14-5-4-13(16)8-11(14)2-3-12-9-17-7-6-15(10)12/h4-9H,1-3H2. The molecule has 0 atom stereocenters. The summed E-state index contributed by atoms with van der Waals surface area (Å²) < 4.78 is 0. The first-order chi connectivity index (χ1) is 8.25. The van der Waals surface area contributed by atoms with Crippen molar-refractivity contribution in [2.24, 2.45) is 0 Å². The summed E-state index contributed by atoms with van der Waals surface area (Å²) in [5, 5.41) is 0.792. The summed E-state index contributed by atoms with van der Waals surface area (Å²) in [5.74, 6) is 0. The Bertz CT molecular complexity index is 602. The molecule has 0 amide bonds. The predicted molar refractivity (Wildman–Crippen MR) is 71.2 cm³/mol. The largest absolute Gasteiger partial charge is 0.264 e. The topological polar surface area (TPSA) is 12.9 Å². The van der Waals surface area contributed by atoms with Crippen LogP contribution < -0.4 is 0 Å². The van der Waals surface area contributed by atoms with E-state index in [4.69, 9.17) is 11.6 Å². The lowest BCUT2D eigenvalue weighted by Crippen LogP contribution is -1.91. The number of aryl methyl sites for hydroxylation is 2. The highest BCUT2D eigenvalue weighted by Gasteiger charge is 2.16. The lowest BCUT2D eigenvalue weighted by Gasteiger charge is -2.09. The lowest BCUT2D eigenvalue weighted by atomic mass is 9.97. The third kappa shape index (κ3) is 1.77. The molecule has 0 bridgehead atoms. The summed E-state index contributed by atoms with van der Waals surface area (Å²) in [5.41, 5.74) is 6.04. The Kier molecular flexibility index (Phi) is 2.49. The Labute approximate surface area is 106 Å². The zero-order chi connectivity index (χ0) is 11.8. The molecular formula is C15H12ClN. The van der Waals surface area contributed by atoms with Crippen LogP contribution in [0.2, 0.25) is 5.02 Å². The number of hydrogen-bond acceptors (Lipinski definition) is 1. The van der Waals surface area contributed by atoms with Crippen LogP contribution in [0.3, 0.4) is 0 Å². The van der Waals surface area contributed by atoms with Gasteiger partial charge in [-0.15, -0.1) is 0 Å². The Morgan fingerprint density at radius 2 is 1.82 bits per heavy atom. The van der Waals surface area contributed by atoms with Crippen molar-refractivity contribution in [3.8, 4) is 0 Å². The minimum absolute atomic E-state index is 0.792. The highest BCUT2D eigenvalue weighted by atomic mass is 35.5. The fourth-order valence-corrected chi connectivity index (χ4v) is 2.59. The molecule has 1 nitrogen and oxygen atoms in total. The van der Waals surface area contributed by atoms with E-state index in [0.29, 0.717) is 0 Å². The average Bonchev–Trinajstić information content (AvgIpc) is 2.48. The van der Waals surface area contributed by atoms with E-state index in [-0.39, 0.29) is 0 Å². The lowest BCUT2D eigenvalue weighted by molar-refractivity contribution is 0.955. The quantitative estimate of drug-likeness (QED) is 0.682. The van der Waals surface area contributed by atoms with Crippen molar-refractivity contribution in [1.29, 1.82) is 0 Å². The zero-order valence-electron chi connectivity index (χ0n) is 9.41. The molecule has 3 rings (SSSR count). The van der Waals surface area contributed by atoms with E-state index in [1.54, 1.807) is 0 Å². The zero-order valence-corrected chi connectivity index (χ0v) is 10.2. The summed E-state index contributed by atoms with van der Waals surface area (Å²) in [6.45, 7) is 4.22. The molecule has 1 aromatic heterocycles. The van der Waals surface area contributed by atoms with Crippen LogP contribution in [0.5, 0.6) is 0 Å². The second-order valence-electron chi connectivity index (χ2n) is 4.31. The summed E-state index contributed by atoms with van der Waals surface area (Å²) in [4.78, 5) is 4.19. The molecular weight excluding hydrogens is 230 g/mol. The number of nitrogens with zero attached hydrogens (tertiary/aromatic N) is 1. The summed E-state index contributed by atoms with van der Waals surface area (Å²) >= 11 is 6.05. The first-order valence-corrected chi connectivity index (χ1v) is 6.04. The van der Waals surface area contributed by atoms with Crippen LogP contribution in [0.1, 0.15) is 22.3 Å². The fraction of sp³-hybridized carbons (Fsp3) is 0.133. The third-order valence-corrected chi connectivity index (χ3v) is 3.52. The van der Waals surface area contributed by atoms with Crippen molar-refractivity contribution in [3.63, 3.8) is 0 Å². The number of aromatic nitrogens is 1. The van der Waals surface area contributed by atoms with Crippen LogP contribution in [0.15, 0.2) is 43.2 Å². The number of fused-ring (bicyclic) bond motifs is 2. The van der Waals surface area contributed by atoms with Gasteiger partial charge in [-0.1, -0.05) is 24.2 Å². The van der Waals surface area contributed by atoms with Gasteiger partial charge in [-0.25, -0.2) is 0 Å². The van der Waals surface area contributed by atoms with E-state index >= 15 is 0 Å². The van der Waals surface area contributed by atoms with Crippen LogP contribution in [0.4, 0.5) is 0 Å². The maximum Gasteiger partial charge on any atom is 0.0409 e. The number of benzene rings is 1. The van der Waals surface area contributed by atoms with E-state index in [1.807, 2.05) is 30.6 Å². The summed E-state index contributed by atoms with van der Waals surface area (Å²) in [6.07, 6.45) is 5.75. The molecule has 1 heterocycles. The number of halogens is 1. The Morgan fingerprint density at radius 1 is 1.06 bits per heavy atom. The van der Waals surface area contributed by atoms with Gasteiger partial charge >= 0.3 is 0 Å². The molecule has 0 N–H and O–H groups in total. The van der Waals surface area contributed by atoms with E-state index in [0.717, 1.165) is 23.4 Å². The van der Waals surface area contributed by atoms with Crippen LogP contribution in [0, 0.1) is 0 Å². The van der Waals surface area contributed by atoms with Crippen molar-refractivity contribution in [1.82, 2.24) is 4.98 Å². The normalized spacial score (nSPS) is 13.8. The van der Waals surface area contributed by atoms with Crippen molar-refractivity contribution >= 4 is 17.2 Å². The molecule has 0 aliphatic heterocycles. The smallest absolute Gasteiger partial charge is 0.0409 e. The summed E-state index contributed by atoms with van der Waals surface area (Å²) in [6, 6.07) is 8.08. The average molecular weight is 242 g/mol. The molecule has 2 aromatic rings. The Morgan fingerprint density at radius 3 is 2.71 bits per heavy atom. The molecule has 0 saturated heterocycles. The molecule has 0 fully saturated rings. The Hall–Kier alpha value is -1.60. The van der Waals surface area contributed by atoms with Crippen molar-refractivity contribution in [2.45, 2.75) is 12.8 Å². The number of rotatable bonds is 0. The molecule has 1 aliphatic rings. The van der Waals surface area contributed by atoms with Gasteiger partial charge in [0.05, 0.1) is 0 Å². The molecule has 84 valence electrons. The maximum absolute atomic E-state index is 6.05. The van der Waals surface area contributed by atoms with Crippen LogP contribution in [-0.4, -0.2) is 4.98 Å². The molecule has 1 aromatic carbocycles. The third-order valence-electron chi connectivity index (χ3n) is 3.28. The molecule has 17 heavy (non-hydrogen) atoms. The number of pyridine rings is 1. The molecule has 0 unspecified atom stereocenters. The maximum atomic E-state index is 6.05. The molecule has 0 radical (unpaired) electrons. The summed E-state index contributed by atoms with van der Waals surface area (Å²) in [7, 11) is 0. The predicted octanol–water partition coefficient (Wildman–Crippen LogP) is 3.90. The minimum Gasteiger partial charge on any atom is -0.264 e. The van der Waals surface area contributed by atoms with Gasteiger partial charge in [-0.2, -0.15) is 0 Å². The minimum atomic E-state index is 0.792. The van der Waals surface area contributed by atoms with Gasteiger partial charge in [0.25, 0.3) is 0 Å². The van der Waals surface area contributed by atoms with Gasteiger partial charge in [-0.05, 0) is 58.9 Å². The molecule has 1 aliphatic carbocycles. The molecule has 0 spiro atoms. The van der Waals surface area contributed by atoms with Crippen LogP contribution in [-0.2, 0) is 12.8 Å². The van der Waals surface area contributed by atoms with E-state index in [1.165, 1.54) is 22.3 Å². The van der Waals surface area contributed by atoms with E-state index in [9.17, 15) is 0 Å². The van der Waals surface area contributed by atoms with Crippen molar-refractivity contribution < 1.29 is 0 Å². The van der Waals surface area contributed by atoms with Crippen LogP contribution >= 0.6 is 11.6 Å². The van der Waals surface area contributed by atoms with Crippen molar-refractivity contribution in [2.75, 3.05) is 0 Å². The van der Waals surface area contributed by atoms with Crippen molar-refractivity contribution in [3.05, 3.63) is 70.5 Å². The highest BCUT2D eigenvalue weighted by Crippen LogP contribution is 2.32. The van der Waals surface area contributed by atoms with Gasteiger partial charge in [-0.3, -0.25) is 4.98 Å². The second-order valence-corrected chi connectivity index (χ2v) is 4.75. The number of hydrogen-bond donors (Lipinski definition) is 0. The first-order valence-electron chi connectivity index (χ1n) is 5.66. The molecule has 0 saturated carbocycles. The molecule has 2 heteroatoms. The van der Waals surface area contributed by atoms with Crippen LogP contribution in [0.25, 0.3) is 5.57 Å². The van der Waals surface area contributed by atoms with E-state index < -0.39 is 0 Å². The van der Waals surface area contributed by atoms with Gasteiger partial charge in [0, 0.05) is 17.4 Å². The fourth-order valence-electron chi connectivity index (χ4n) is 2.40.